The van der Waals surface area contributed by atoms with Gasteiger partial charge in [0.1, 0.15) is 0 Å². The normalized spacial score (nSPS) is 19.9. The maximum absolute atomic E-state index is 3.45. The Labute approximate surface area is 120 Å². The molecule has 1 aliphatic rings. The third-order valence-corrected chi connectivity index (χ3v) is 4.58. The van der Waals surface area contributed by atoms with Crippen LogP contribution >= 0.6 is 0 Å². The van der Waals surface area contributed by atoms with Gasteiger partial charge in [-0.2, -0.15) is 0 Å². The third-order valence-electron chi connectivity index (χ3n) is 4.58. The van der Waals surface area contributed by atoms with Gasteiger partial charge in [0.15, 0.2) is 0 Å². The van der Waals surface area contributed by atoms with E-state index in [1.54, 1.807) is 0 Å². The molecule has 1 unspecified atom stereocenters. The van der Waals surface area contributed by atoms with E-state index in [0.717, 1.165) is 13.1 Å². The summed E-state index contributed by atoms with van der Waals surface area (Å²) in [7, 11) is 0. The van der Waals surface area contributed by atoms with Gasteiger partial charge in [0.05, 0.1) is 0 Å². The molecule has 3 heteroatoms. The van der Waals surface area contributed by atoms with E-state index in [1.165, 1.54) is 45.4 Å². The SMILES string of the molecule is CCCCN(CC(C)(C)N1CCNCC1)C(C)CC. The Balaban J connectivity index is 2.58. The number of rotatable bonds is 8. The number of hydrogen-bond donors (Lipinski definition) is 1. The molecule has 0 amide bonds. The van der Waals surface area contributed by atoms with Gasteiger partial charge in [-0.05, 0) is 40.2 Å². The van der Waals surface area contributed by atoms with Crippen LogP contribution in [0.25, 0.3) is 0 Å². The Bertz CT molecular complexity index is 234. The molecule has 0 aromatic carbocycles. The highest BCUT2D eigenvalue weighted by Gasteiger charge is 2.30. The number of piperazine rings is 1. The summed E-state index contributed by atoms with van der Waals surface area (Å²) in [6, 6.07) is 0.703. The van der Waals surface area contributed by atoms with Crippen molar-refractivity contribution in [1.29, 1.82) is 0 Å². The third kappa shape index (κ3) is 5.41. The summed E-state index contributed by atoms with van der Waals surface area (Å²) in [6.45, 7) is 18.9. The number of nitrogens with zero attached hydrogens (tertiary/aromatic N) is 2. The first-order valence-corrected chi connectivity index (χ1v) is 8.21. The van der Waals surface area contributed by atoms with Crippen molar-refractivity contribution in [2.75, 3.05) is 39.3 Å². The molecule has 0 spiro atoms. The Morgan fingerprint density at radius 2 is 1.84 bits per heavy atom. The van der Waals surface area contributed by atoms with E-state index in [2.05, 4.69) is 49.7 Å². The highest BCUT2D eigenvalue weighted by atomic mass is 15.3. The second-order valence-corrected chi connectivity index (χ2v) is 6.63. The van der Waals surface area contributed by atoms with Gasteiger partial charge in [0.2, 0.25) is 0 Å². The summed E-state index contributed by atoms with van der Waals surface area (Å²) in [5, 5.41) is 3.45. The molecule has 0 radical (unpaired) electrons. The molecule has 0 aromatic heterocycles. The van der Waals surface area contributed by atoms with E-state index in [0.29, 0.717) is 11.6 Å². The van der Waals surface area contributed by atoms with Crippen LogP contribution in [0.15, 0.2) is 0 Å². The largest absolute Gasteiger partial charge is 0.314 e. The van der Waals surface area contributed by atoms with Crippen LogP contribution < -0.4 is 5.32 Å². The van der Waals surface area contributed by atoms with Crippen molar-refractivity contribution >= 4 is 0 Å². The van der Waals surface area contributed by atoms with Gasteiger partial charge in [0.25, 0.3) is 0 Å². The second kappa shape index (κ2) is 8.23. The first kappa shape index (κ1) is 16.9. The van der Waals surface area contributed by atoms with Gasteiger partial charge < -0.3 is 5.32 Å². The summed E-state index contributed by atoms with van der Waals surface area (Å²) in [6.07, 6.45) is 3.87. The van der Waals surface area contributed by atoms with E-state index in [-0.39, 0.29) is 0 Å². The van der Waals surface area contributed by atoms with Crippen molar-refractivity contribution in [3.63, 3.8) is 0 Å². The van der Waals surface area contributed by atoms with Crippen LogP contribution in [0.1, 0.15) is 53.9 Å². The van der Waals surface area contributed by atoms with E-state index in [4.69, 9.17) is 0 Å². The van der Waals surface area contributed by atoms with Crippen LogP contribution in [-0.2, 0) is 0 Å². The Morgan fingerprint density at radius 1 is 1.21 bits per heavy atom. The molecule has 3 nitrogen and oxygen atoms in total. The van der Waals surface area contributed by atoms with Crippen molar-refractivity contribution in [1.82, 2.24) is 15.1 Å². The molecule has 1 fully saturated rings. The molecule has 1 saturated heterocycles. The minimum Gasteiger partial charge on any atom is -0.314 e. The van der Waals surface area contributed by atoms with E-state index in [1.807, 2.05) is 0 Å². The molecule has 114 valence electrons. The Morgan fingerprint density at radius 3 is 2.37 bits per heavy atom. The summed E-state index contributed by atoms with van der Waals surface area (Å²) in [5.74, 6) is 0. The van der Waals surface area contributed by atoms with Crippen LogP contribution in [0.2, 0.25) is 0 Å². The van der Waals surface area contributed by atoms with Crippen molar-refractivity contribution < 1.29 is 0 Å². The predicted octanol–water partition coefficient (Wildman–Crippen LogP) is 2.57. The first-order chi connectivity index (χ1) is 9.01. The standard InChI is InChI=1S/C16H35N3/c1-6-8-11-18(15(3)7-2)14-16(4,5)19-12-9-17-10-13-19/h15,17H,6-14H2,1-5H3. The van der Waals surface area contributed by atoms with Gasteiger partial charge in [-0.3, -0.25) is 9.80 Å². The van der Waals surface area contributed by atoms with Crippen LogP contribution in [-0.4, -0.2) is 60.6 Å². The van der Waals surface area contributed by atoms with Gasteiger partial charge in [-0.25, -0.2) is 0 Å². The first-order valence-electron chi connectivity index (χ1n) is 8.21. The van der Waals surface area contributed by atoms with Gasteiger partial charge in [0, 0.05) is 44.3 Å². The fourth-order valence-electron chi connectivity index (χ4n) is 2.94. The molecule has 0 bridgehead atoms. The molecule has 19 heavy (non-hydrogen) atoms. The summed E-state index contributed by atoms with van der Waals surface area (Å²) >= 11 is 0. The number of hydrogen-bond acceptors (Lipinski definition) is 3. The topological polar surface area (TPSA) is 18.5 Å². The average Bonchev–Trinajstić information content (AvgIpc) is 2.43. The quantitative estimate of drug-likeness (QED) is 0.730. The summed E-state index contributed by atoms with van der Waals surface area (Å²) in [5.41, 5.74) is 0.291. The van der Waals surface area contributed by atoms with Crippen molar-refractivity contribution in [2.45, 2.75) is 65.5 Å². The smallest absolute Gasteiger partial charge is 0.0281 e. The highest BCUT2D eigenvalue weighted by Crippen LogP contribution is 2.19. The summed E-state index contributed by atoms with van der Waals surface area (Å²) < 4.78 is 0. The molecule has 0 aliphatic carbocycles. The molecule has 1 rings (SSSR count). The average molecular weight is 269 g/mol. The lowest BCUT2D eigenvalue weighted by atomic mass is 9.99. The van der Waals surface area contributed by atoms with E-state index in [9.17, 15) is 0 Å². The molecule has 0 aromatic rings. The predicted molar refractivity (Wildman–Crippen MR) is 84.8 cm³/mol. The maximum Gasteiger partial charge on any atom is 0.0281 e. The van der Waals surface area contributed by atoms with Crippen LogP contribution in [0, 0.1) is 0 Å². The molecule has 1 heterocycles. The lowest BCUT2D eigenvalue weighted by Gasteiger charge is -2.45. The molecular formula is C16H35N3. The zero-order valence-electron chi connectivity index (χ0n) is 13.8. The number of unbranched alkanes of at least 4 members (excludes halogenated alkanes) is 1. The zero-order valence-corrected chi connectivity index (χ0v) is 13.8. The monoisotopic (exact) mass is 269 g/mol. The van der Waals surface area contributed by atoms with Crippen LogP contribution in [0.5, 0.6) is 0 Å². The van der Waals surface area contributed by atoms with Gasteiger partial charge >= 0.3 is 0 Å². The Hall–Kier alpha value is -0.120. The van der Waals surface area contributed by atoms with E-state index >= 15 is 0 Å². The molecule has 1 aliphatic heterocycles. The van der Waals surface area contributed by atoms with Gasteiger partial charge in [-0.15, -0.1) is 0 Å². The maximum atomic E-state index is 3.45. The molecule has 1 N–H and O–H groups in total. The lowest BCUT2D eigenvalue weighted by Crippen LogP contribution is -2.58. The Kier molecular flexibility index (Phi) is 7.33. The zero-order chi connectivity index (χ0) is 14.3. The van der Waals surface area contributed by atoms with Gasteiger partial charge in [-0.1, -0.05) is 20.3 Å². The van der Waals surface area contributed by atoms with Crippen LogP contribution in [0.4, 0.5) is 0 Å². The minimum atomic E-state index is 0.291. The molecule has 1 atom stereocenters. The second-order valence-electron chi connectivity index (χ2n) is 6.63. The fraction of sp³-hybridized carbons (Fsp3) is 1.00. The van der Waals surface area contributed by atoms with E-state index < -0.39 is 0 Å². The molecular weight excluding hydrogens is 234 g/mol. The van der Waals surface area contributed by atoms with Crippen LogP contribution in [0.3, 0.4) is 0 Å². The summed E-state index contributed by atoms with van der Waals surface area (Å²) in [4.78, 5) is 5.36. The number of nitrogens with one attached hydrogen (secondary N) is 1. The minimum absolute atomic E-state index is 0.291. The fourth-order valence-corrected chi connectivity index (χ4v) is 2.94. The lowest BCUT2D eigenvalue weighted by molar-refractivity contribution is 0.0482. The van der Waals surface area contributed by atoms with Crippen molar-refractivity contribution in [3.8, 4) is 0 Å². The highest BCUT2D eigenvalue weighted by molar-refractivity contribution is 4.88. The molecule has 0 saturated carbocycles. The van der Waals surface area contributed by atoms with Crippen molar-refractivity contribution in [2.24, 2.45) is 0 Å². The van der Waals surface area contributed by atoms with Crippen molar-refractivity contribution in [3.05, 3.63) is 0 Å².